The number of carbonyl (C=O) groups excluding carboxylic acids is 3. The van der Waals surface area contributed by atoms with Gasteiger partial charge in [0.1, 0.15) is 17.7 Å². The molecule has 3 amide bonds. The standard InChI is InChI=1S/C29H45N3O5/c1-8-10-11-12-13-14-19-32(27(35)24(20-33)31-28(36)37-29(5,6)7)25(26(34)30-21(3)4)23-17-15-22(9-2)16-18-23/h2,15-18,21,24-25,33H,8,10-14,19-20H2,1,3-7H3,(H,30,34)(H,31,36). The lowest BCUT2D eigenvalue weighted by molar-refractivity contribution is -0.143. The molecule has 0 aliphatic rings. The van der Waals surface area contributed by atoms with Gasteiger partial charge >= 0.3 is 6.09 Å². The normalized spacial score (nSPS) is 12.8. The number of aliphatic hydroxyl groups excluding tert-OH is 1. The van der Waals surface area contributed by atoms with E-state index in [9.17, 15) is 19.5 Å². The van der Waals surface area contributed by atoms with Crippen LogP contribution in [-0.4, -0.2) is 58.8 Å². The summed E-state index contributed by atoms with van der Waals surface area (Å²) >= 11 is 0. The molecule has 1 rings (SSSR count). The molecule has 37 heavy (non-hydrogen) atoms. The summed E-state index contributed by atoms with van der Waals surface area (Å²) in [7, 11) is 0. The van der Waals surface area contributed by atoms with Gasteiger partial charge in [-0.05, 0) is 58.7 Å². The average molecular weight is 516 g/mol. The molecule has 0 bridgehead atoms. The SMILES string of the molecule is C#Cc1ccc(C(C(=O)NC(C)C)N(CCCCCCCC)C(=O)C(CO)NC(=O)OC(C)(C)C)cc1. The maximum absolute atomic E-state index is 13.8. The largest absolute Gasteiger partial charge is 0.444 e. The van der Waals surface area contributed by atoms with Crippen LogP contribution in [0.1, 0.15) is 97.2 Å². The van der Waals surface area contributed by atoms with Crippen molar-refractivity contribution in [3.8, 4) is 12.3 Å². The van der Waals surface area contributed by atoms with E-state index in [2.05, 4.69) is 23.5 Å². The summed E-state index contributed by atoms with van der Waals surface area (Å²) in [6, 6.07) is 4.52. The minimum atomic E-state index is -1.27. The van der Waals surface area contributed by atoms with E-state index < -0.39 is 36.3 Å². The maximum Gasteiger partial charge on any atom is 0.408 e. The third kappa shape index (κ3) is 11.7. The number of terminal acetylenes is 1. The Morgan fingerprint density at radius 3 is 2.14 bits per heavy atom. The van der Waals surface area contributed by atoms with E-state index in [1.807, 2.05) is 13.8 Å². The minimum Gasteiger partial charge on any atom is -0.444 e. The Kier molecular flexibility index (Phi) is 13.8. The highest BCUT2D eigenvalue weighted by atomic mass is 16.6. The zero-order chi connectivity index (χ0) is 28.0. The van der Waals surface area contributed by atoms with E-state index >= 15 is 0 Å². The average Bonchev–Trinajstić information content (AvgIpc) is 2.82. The van der Waals surface area contributed by atoms with Gasteiger partial charge in [0.2, 0.25) is 11.8 Å². The predicted octanol–water partition coefficient (Wildman–Crippen LogP) is 4.31. The van der Waals surface area contributed by atoms with Gasteiger partial charge in [-0.3, -0.25) is 9.59 Å². The fourth-order valence-electron chi connectivity index (χ4n) is 3.86. The van der Waals surface area contributed by atoms with Crippen molar-refractivity contribution < 1.29 is 24.2 Å². The number of ether oxygens (including phenoxy) is 1. The van der Waals surface area contributed by atoms with Crippen LogP contribution in [0.2, 0.25) is 0 Å². The predicted molar refractivity (Wildman–Crippen MR) is 146 cm³/mol. The van der Waals surface area contributed by atoms with E-state index in [1.54, 1.807) is 45.0 Å². The van der Waals surface area contributed by atoms with Crippen molar-refractivity contribution in [2.75, 3.05) is 13.2 Å². The number of hydrogen-bond donors (Lipinski definition) is 3. The minimum absolute atomic E-state index is 0.153. The molecular formula is C29H45N3O5. The molecule has 0 saturated heterocycles. The summed E-state index contributed by atoms with van der Waals surface area (Å²) < 4.78 is 5.28. The van der Waals surface area contributed by atoms with Gasteiger partial charge < -0.3 is 25.4 Å². The molecule has 8 nitrogen and oxygen atoms in total. The summed E-state index contributed by atoms with van der Waals surface area (Å²) in [5, 5.41) is 15.4. The topological polar surface area (TPSA) is 108 Å². The number of rotatable bonds is 14. The van der Waals surface area contributed by atoms with Crippen LogP contribution in [0.15, 0.2) is 24.3 Å². The van der Waals surface area contributed by atoms with Crippen molar-refractivity contribution in [2.45, 2.75) is 104 Å². The van der Waals surface area contributed by atoms with Gasteiger partial charge in [-0.25, -0.2) is 4.79 Å². The van der Waals surface area contributed by atoms with Crippen molar-refractivity contribution in [1.82, 2.24) is 15.5 Å². The molecule has 0 spiro atoms. The van der Waals surface area contributed by atoms with E-state index in [0.717, 1.165) is 32.1 Å². The zero-order valence-corrected chi connectivity index (χ0v) is 23.3. The molecule has 0 aliphatic heterocycles. The Balaban J connectivity index is 3.33. The van der Waals surface area contributed by atoms with Crippen LogP contribution in [0, 0.1) is 12.3 Å². The molecule has 3 N–H and O–H groups in total. The third-order valence-corrected chi connectivity index (χ3v) is 5.59. The Labute approximate surface area is 222 Å². The lowest BCUT2D eigenvalue weighted by Gasteiger charge is -2.34. The Morgan fingerprint density at radius 2 is 1.62 bits per heavy atom. The molecule has 2 atom stereocenters. The Morgan fingerprint density at radius 1 is 1.03 bits per heavy atom. The second-order valence-corrected chi connectivity index (χ2v) is 10.5. The molecule has 0 aliphatic carbocycles. The molecule has 0 saturated carbocycles. The molecule has 0 radical (unpaired) electrons. The van der Waals surface area contributed by atoms with Gasteiger partial charge in [0, 0.05) is 18.2 Å². The number of nitrogens with zero attached hydrogens (tertiary/aromatic N) is 1. The molecule has 8 heteroatoms. The molecule has 1 aromatic rings. The van der Waals surface area contributed by atoms with Crippen molar-refractivity contribution in [2.24, 2.45) is 0 Å². The molecule has 206 valence electrons. The first-order chi connectivity index (χ1) is 17.4. The molecule has 0 aromatic heterocycles. The van der Waals surface area contributed by atoms with Crippen molar-refractivity contribution in [3.63, 3.8) is 0 Å². The number of nitrogens with one attached hydrogen (secondary N) is 2. The first-order valence-corrected chi connectivity index (χ1v) is 13.2. The van der Waals surface area contributed by atoms with Crippen LogP contribution >= 0.6 is 0 Å². The summed E-state index contributed by atoms with van der Waals surface area (Å²) in [4.78, 5) is 41.0. The van der Waals surface area contributed by atoms with E-state index in [-0.39, 0.29) is 18.5 Å². The molecular weight excluding hydrogens is 470 g/mol. The lowest BCUT2D eigenvalue weighted by atomic mass is 10.00. The number of alkyl carbamates (subject to hydrolysis) is 1. The Hall–Kier alpha value is -3.05. The number of hydrogen-bond acceptors (Lipinski definition) is 5. The summed E-state index contributed by atoms with van der Waals surface area (Å²) in [5.41, 5.74) is 0.467. The van der Waals surface area contributed by atoms with Crippen molar-refractivity contribution in [3.05, 3.63) is 35.4 Å². The second kappa shape index (κ2) is 15.9. The van der Waals surface area contributed by atoms with Crippen LogP contribution < -0.4 is 10.6 Å². The smallest absolute Gasteiger partial charge is 0.408 e. The van der Waals surface area contributed by atoms with Crippen LogP contribution in [0.25, 0.3) is 0 Å². The molecule has 2 unspecified atom stereocenters. The van der Waals surface area contributed by atoms with Crippen LogP contribution in [0.3, 0.4) is 0 Å². The van der Waals surface area contributed by atoms with Crippen molar-refractivity contribution in [1.29, 1.82) is 0 Å². The van der Waals surface area contributed by atoms with Gasteiger partial charge in [0.15, 0.2) is 0 Å². The van der Waals surface area contributed by atoms with E-state index in [4.69, 9.17) is 11.2 Å². The van der Waals surface area contributed by atoms with E-state index in [1.165, 1.54) is 4.90 Å². The second-order valence-electron chi connectivity index (χ2n) is 10.5. The number of benzene rings is 1. The van der Waals surface area contributed by atoms with Gasteiger partial charge in [-0.2, -0.15) is 0 Å². The highest BCUT2D eigenvalue weighted by molar-refractivity contribution is 5.92. The molecule has 0 heterocycles. The monoisotopic (exact) mass is 515 g/mol. The van der Waals surface area contributed by atoms with E-state index in [0.29, 0.717) is 17.5 Å². The first-order valence-electron chi connectivity index (χ1n) is 13.2. The van der Waals surface area contributed by atoms with Crippen LogP contribution in [0.5, 0.6) is 0 Å². The number of carbonyl (C=O) groups is 3. The fourth-order valence-corrected chi connectivity index (χ4v) is 3.86. The third-order valence-electron chi connectivity index (χ3n) is 5.59. The number of amides is 3. The molecule has 1 aromatic carbocycles. The summed E-state index contributed by atoms with van der Waals surface area (Å²) in [6.45, 7) is 10.6. The number of aliphatic hydroxyl groups is 1. The first kappa shape index (κ1) is 32.0. The zero-order valence-electron chi connectivity index (χ0n) is 23.3. The summed E-state index contributed by atoms with van der Waals surface area (Å²) in [6.07, 6.45) is 10.7. The molecule has 0 fully saturated rings. The van der Waals surface area contributed by atoms with Gasteiger partial charge in [0.25, 0.3) is 0 Å². The number of unbranched alkanes of at least 4 members (excludes halogenated alkanes) is 5. The highest BCUT2D eigenvalue weighted by Gasteiger charge is 2.36. The Bertz CT molecular complexity index is 900. The highest BCUT2D eigenvalue weighted by Crippen LogP contribution is 2.24. The van der Waals surface area contributed by atoms with Crippen molar-refractivity contribution >= 4 is 17.9 Å². The summed E-state index contributed by atoms with van der Waals surface area (Å²) in [5.74, 6) is 1.64. The quantitative estimate of drug-likeness (QED) is 0.253. The van der Waals surface area contributed by atoms with Crippen LogP contribution in [-0.2, 0) is 14.3 Å². The van der Waals surface area contributed by atoms with Gasteiger partial charge in [-0.15, -0.1) is 6.42 Å². The fraction of sp³-hybridized carbons (Fsp3) is 0.621. The van der Waals surface area contributed by atoms with Crippen LogP contribution in [0.4, 0.5) is 4.79 Å². The lowest BCUT2D eigenvalue weighted by Crippen LogP contribution is -2.55. The van der Waals surface area contributed by atoms with Gasteiger partial charge in [-0.1, -0.05) is 57.1 Å². The maximum atomic E-state index is 13.8. The van der Waals surface area contributed by atoms with Gasteiger partial charge in [0.05, 0.1) is 6.61 Å².